The monoisotopic (exact) mass is 190 g/mol. The summed E-state index contributed by atoms with van der Waals surface area (Å²) in [6, 6.07) is 8.40. The summed E-state index contributed by atoms with van der Waals surface area (Å²) in [6.45, 7) is 5.01. The van der Waals surface area contributed by atoms with Gasteiger partial charge in [-0.25, -0.2) is 0 Å². The number of amidine groups is 1. The highest BCUT2D eigenvalue weighted by Gasteiger charge is 1.95. The number of aryl methyl sites for hydroxylation is 1. The minimum Gasteiger partial charge on any atom is -0.387 e. The van der Waals surface area contributed by atoms with Gasteiger partial charge in [0.2, 0.25) is 0 Å². The van der Waals surface area contributed by atoms with E-state index in [9.17, 15) is 0 Å². The van der Waals surface area contributed by atoms with E-state index >= 15 is 0 Å². The molecule has 14 heavy (non-hydrogen) atoms. The second kappa shape index (κ2) is 5.43. The lowest BCUT2D eigenvalue weighted by Crippen LogP contribution is -2.15. The van der Waals surface area contributed by atoms with E-state index < -0.39 is 0 Å². The summed E-state index contributed by atoms with van der Waals surface area (Å²) in [7, 11) is 0. The van der Waals surface area contributed by atoms with Crippen LogP contribution in [0.5, 0.6) is 0 Å². The molecule has 0 aliphatic rings. The molecule has 0 unspecified atom stereocenters. The van der Waals surface area contributed by atoms with Crippen molar-refractivity contribution in [2.45, 2.75) is 26.7 Å². The first-order valence-electron chi connectivity index (χ1n) is 5.06. The Hall–Kier alpha value is -1.31. The van der Waals surface area contributed by atoms with Crippen molar-refractivity contribution in [2.24, 2.45) is 10.7 Å². The lowest BCUT2D eigenvalue weighted by Gasteiger charge is -2.01. The van der Waals surface area contributed by atoms with E-state index in [4.69, 9.17) is 5.73 Å². The van der Waals surface area contributed by atoms with Crippen molar-refractivity contribution in [3.05, 3.63) is 35.4 Å². The van der Waals surface area contributed by atoms with Gasteiger partial charge in [0, 0.05) is 13.0 Å². The minimum absolute atomic E-state index is 0.732. The number of nitrogens with two attached hydrogens (primary N) is 1. The molecule has 1 rings (SSSR count). The maximum absolute atomic E-state index is 5.78. The summed E-state index contributed by atoms with van der Waals surface area (Å²) in [6.07, 6.45) is 1.81. The first kappa shape index (κ1) is 10.8. The highest BCUT2D eigenvalue weighted by Crippen LogP contribution is 2.03. The van der Waals surface area contributed by atoms with Crippen LogP contribution in [0.4, 0.5) is 0 Å². The van der Waals surface area contributed by atoms with E-state index in [2.05, 4.69) is 43.1 Å². The number of nitrogens with zero attached hydrogens (tertiary/aromatic N) is 1. The Morgan fingerprint density at radius 2 is 1.93 bits per heavy atom. The fourth-order valence-electron chi connectivity index (χ4n) is 1.23. The molecular weight excluding hydrogens is 172 g/mol. The smallest absolute Gasteiger partial charge is 0.0981 e. The van der Waals surface area contributed by atoms with Gasteiger partial charge in [-0.05, 0) is 18.9 Å². The van der Waals surface area contributed by atoms with Crippen LogP contribution in [0.15, 0.2) is 29.3 Å². The molecule has 76 valence electrons. The normalized spacial score (nSPS) is 11.7. The number of aliphatic imine (C=N–C) groups is 1. The molecular formula is C12H18N2. The van der Waals surface area contributed by atoms with Crippen molar-refractivity contribution in [2.75, 3.05) is 6.54 Å². The van der Waals surface area contributed by atoms with Crippen molar-refractivity contribution in [3.8, 4) is 0 Å². The number of benzene rings is 1. The van der Waals surface area contributed by atoms with E-state index in [1.165, 1.54) is 11.1 Å². The second-order valence-electron chi connectivity index (χ2n) is 3.54. The summed E-state index contributed by atoms with van der Waals surface area (Å²) < 4.78 is 0. The van der Waals surface area contributed by atoms with E-state index in [0.29, 0.717) is 0 Å². The molecule has 0 heterocycles. The van der Waals surface area contributed by atoms with Gasteiger partial charge in [-0.1, -0.05) is 36.8 Å². The summed E-state index contributed by atoms with van der Waals surface area (Å²) in [5.41, 5.74) is 8.29. The van der Waals surface area contributed by atoms with Crippen LogP contribution in [-0.2, 0) is 6.42 Å². The van der Waals surface area contributed by atoms with Gasteiger partial charge in [-0.15, -0.1) is 0 Å². The van der Waals surface area contributed by atoms with Gasteiger partial charge in [0.25, 0.3) is 0 Å². The topological polar surface area (TPSA) is 38.4 Å². The van der Waals surface area contributed by atoms with E-state index in [1.807, 2.05) is 0 Å². The molecule has 0 bridgehead atoms. The molecule has 0 aromatic heterocycles. The summed E-state index contributed by atoms with van der Waals surface area (Å²) in [5, 5.41) is 0. The van der Waals surface area contributed by atoms with E-state index in [1.54, 1.807) is 0 Å². The number of hydrogen-bond donors (Lipinski definition) is 1. The highest BCUT2D eigenvalue weighted by molar-refractivity contribution is 5.82. The van der Waals surface area contributed by atoms with Crippen molar-refractivity contribution < 1.29 is 0 Å². The first-order valence-corrected chi connectivity index (χ1v) is 5.06. The van der Waals surface area contributed by atoms with Gasteiger partial charge in [0.1, 0.15) is 0 Å². The van der Waals surface area contributed by atoms with Crippen molar-refractivity contribution in [1.82, 2.24) is 0 Å². The third kappa shape index (κ3) is 3.60. The Morgan fingerprint density at radius 1 is 1.29 bits per heavy atom. The summed E-state index contributed by atoms with van der Waals surface area (Å²) in [4.78, 5) is 4.25. The van der Waals surface area contributed by atoms with Crippen molar-refractivity contribution in [3.63, 3.8) is 0 Å². The van der Waals surface area contributed by atoms with Gasteiger partial charge in [0.15, 0.2) is 0 Å². The Labute approximate surface area is 85.9 Å². The van der Waals surface area contributed by atoms with Crippen LogP contribution < -0.4 is 5.73 Å². The number of hydrogen-bond acceptors (Lipinski definition) is 1. The molecule has 0 aliphatic heterocycles. The van der Waals surface area contributed by atoms with Gasteiger partial charge in [0.05, 0.1) is 5.84 Å². The molecule has 2 nitrogen and oxygen atoms in total. The van der Waals surface area contributed by atoms with Crippen molar-refractivity contribution in [1.29, 1.82) is 0 Å². The Kier molecular flexibility index (Phi) is 4.17. The largest absolute Gasteiger partial charge is 0.387 e. The zero-order valence-electron chi connectivity index (χ0n) is 8.96. The van der Waals surface area contributed by atoms with Crippen LogP contribution in [0.3, 0.4) is 0 Å². The van der Waals surface area contributed by atoms with E-state index in [-0.39, 0.29) is 0 Å². The Morgan fingerprint density at radius 3 is 2.50 bits per heavy atom. The van der Waals surface area contributed by atoms with Gasteiger partial charge >= 0.3 is 0 Å². The lowest BCUT2D eigenvalue weighted by atomic mass is 10.1. The van der Waals surface area contributed by atoms with E-state index in [0.717, 1.165) is 25.2 Å². The van der Waals surface area contributed by atoms with Crippen LogP contribution in [-0.4, -0.2) is 12.4 Å². The van der Waals surface area contributed by atoms with Crippen LogP contribution in [0.2, 0.25) is 0 Å². The maximum atomic E-state index is 5.78. The predicted octanol–water partition coefficient (Wildman–Crippen LogP) is 2.30. The number of rotatable bonds is 4. The van der Waals surface area contributed by atoms with Crippen LogP contribution >= 0.6 is 0 Å². The average Bonchev–Trinajstić information content (AvgIpc) is 2.18. The molecule has 0 aliphatic carbocycles. The van der Waals surface area contributed by atoms with Crippen molar-refractivity contribution >= 4 is 5.84 Å². The fraction of sp³-hybridized carbons (Fsp3) is 0.417. The SMILES string of the molecule is CCCN=C(N)Cc1ccc(C)cc1. The maximum Gasteiger partial charge on any atom is 0.0981 e. The molecule has 0 spiro atoms. The first-order chi connectivity index (χ1) is 6.72. The zero-order chi connectivity index (χ0) is 10.4. The molecule has 1 aromatic carbocycles. The van der Waals surface area contributed by atoms with Crippen LogP contribution in [0.25, 0.3) is 0 Å². The van der Waals surface area contributed by atoms with Crippen LogP contribution in [0.1, 0.15) is 24.5 Å². The van der Waals surface area contributed by atoms with Crippen LogP contribution in [0, 0.1) is 6.92 Å². The predicted molar refractivity (Wildman–Crippen MR) is 61.7 cm³/mol. The zero-order valence-corrected chi connectivity index (χ0v) is 8.96. The molecule has 1 aromatic rings. The highest BCUT2D eigenvalue weighted by atomic mass is 14.8. The molecule has 2 heteroatoms. The molecule has 0 atom stereocenters. The third-order valence-electron chi connectivity index (χ3n) is 2.04. The molecule has 0 saturated heterocycles. The minimum atomic E-state index is 0.732. The second-order valence-corrected chi connectivity index (χ2v) is 3.54. The fourth-order valence-corrected chi connectivity index (χ4v) is 1.23. The summed E-state index contributed by atoms with van der Waals surface area (Å²) >= 11 is 0. The molecule has 2 N–H and O–H groups in total. The Balaban J connectivity index is 2.56. The van der Waals surface area contributed by atoms with Gasteiger partial charge < -0.3 is 5.73 Å². The standard InChI is InChI=1S/C12H18N2/c1-3-8-14-12(13)9-11-6-4-10(2)5-7-11/h4-7H,3,8-9H2,1-2H3,(H2,13,14). The average molecular weight is 190 g/mol. The third-order valence-corrected chi connectivity index (χ3v) is 2.04. The molecule has 0 amide bonds. The quantitative estimate of drug-likeness (QED) is 0.574. The molecule has 0 radical (unpaired) electrons. The van der Waals surface area contributed by atoms with Gasteiger partial charge in [-0.3, -0.25) is 4.99 Å². The Bertz CT molecular complexity index is 299. The lowest BCUT2D eigenvalue weighted by molar-refractivity contribution is 0.924. The van der Waals surface area contributed by atoms with Gasteiger partial charge in [-0.2, -0.15) is 0 Å². The molecule has 0 saturated carbocycles. The summed E-state index contributed by atoms with van der Waals surface area (Å²) in [5.74, 6) is 0.732. The molecule has 0 fully saturated rings.